The van der Waals surface area contributed by atoms with Crippen LogP contribution in [0, 0.1) is 0 Å². The molecule has 0 aromatic carbocycles. The zero-order chi connectivity index (χ0) is 11.1. The molecule has 0 N–H and O–H groups in total. The Morgan fingerprint density at radius 3 is 1.93 bits per heavy atom. The van der Waals surface area contributed by atoms with E-state index in [1.54, 1.807) is 0 Å². The average molecular weight is 224 g/mol. The zero-order valence-electron chi connectivity index (χ0n) is 6.29. The van der Waals surface area contributed by atoms with Crippen LogP contribution in [-0.2, 0) is 4.74 Å². The molecule has 0 spiro atoms. The molecule has 1 nitrogen and oxygen atoms in total. The first-order valence-electron chi connectivity index (χ1n) is 3.26. The molecule has 0 saturated carbocycles. The van der Waals surface area contributed by atoms with Gasteiger partial charge in [0.25, 0.3) is 12.8 Å². The van der Waals surface area contributed by atoms with E-state index in [4.69, 9.17) is 0 Å². The summed E-state index contributed by atoms with van der Waals surface area (Å²) in [5, 5.41) is 0. The quantitative estimate of drug-likeness (QED) is 0.669. The Kier molecular flexibility index (Phi) is 2.51. The van der Waals surface area contributed by atoms with Gasteiger partial charge in [-0.15, -0.1) is 0 Å². The number of ether oxygens (including phenoxy) is 1. The number of hydrogen-bond acceptors (Lipinski definition) is 1. The predicted molar refractivity (Wildman–Crippen MR) is 30.0 cm³/mol. The average Bonchev–Trinajstić information content (AvgIpc) is 2.03. The molecule has 0 saturated heterocycles. The normalized spacial score (nSPS) is 32.4. The van der Waals surface area contributed by atoms with Gasteiger partial charge in [-0.3, -0.25) is 4.74 Å². The third kappa shape index (κ3) is 1.47. The summed E-state index contributed by atoms with van der Waals surface area (Å²) >= 11 is 0. The van der Waals surface area contributed by atoms with E-state index in [1.807, 2.05) is 0 Å². The van der Waals surface area contributed by atoms with Crippen LogP contribution in [0.15, 0.2) is 11.9 Å². The maximum Gasteiger partial charge on any atom is 0.360 e. The Hall–Kier alpha value is -0.790. The van der Waals surface area contributed by atoms with Crippen LogP contribution < -0.4 is 0 Å². The molecule has 0 aromatic rings. The highest BCUT2D eigenvalue weighted by Crippen LogP contribution is 2.51. The summed E-state index contributed by atoms with van der Waals surface area (Å²) in [5.74, 6) is -11.0. The van der Waals surface area contributed by atoms with Crippen molar-refractivity contribution in [1.82, 2.24) is 0 Å². The van der Waals surface area contributed by atoms with Crippen LogP contribution in [0.2, 0.25) is 0 Å². The van der Waals surface area contributed by atoms with Crippen LogP contribution in [0.1, 0.15) is 0 Å². The van der Waals surface area contributed by atoms with E-state index in [9.17, 15) is 30.7 Å². The maximum absolute atomic E-state index is 12.7. The second-order valence-corrected chi connectivity index (χ2v) is 2.52. The van der Waals surface area contributed by atoms with Gasteiger partial charge < -0.3 is 0 Å². The van der Waals surface area contributed by atoms with Crippen molar-refractivity contribution in [3.05, 3.63) is 11.9 Å². The highest BCUT2D eigenvalue weighted by Gasteiger charge is 2.68. The van der Waals surface area contributed by atoms with E-state index in [2.05, 4.69) is 4.74 Å². The molecule has 0 amide bonds. The molecule has 0 fully saturated rings. The Morgan fingerprint density at radius 2 is 1.64 bits per heavy atom. The summed E-state index contributed by atoms with van der Waals surface area (Å²) in [6.07, 6.45) is -7.71. The Labute approximate surface area is 73.1 Å². The first-order chi connectivity index (χ1) is 6.21. The second-order valence-electron chi connectivity index (χ2n) is 2.52. The van der Waals surface area contributed by atoms with E-state index in [0.717, 1.165) is 0 Å². The van der Waals surface area contributed by atoms with Gasteiger partial charge in [-0.1, -0.05) is 0 Å². The topological polar surface area (TPSA) is 9.23 Å². The van der Waals surface area contributed by atoms with Crippen LogP contribution in [0.25, 0.3) is 0 Å². The third-order valence-electron chi connectivity index (χ3n) is 1.52. The van der Waals surface area contributed by atoms with Crippen LogP contribution in [0.4, 0.5) is 30.7 Å². The lowest BCUT2D eigenvalue weighted by molar-refractivity contribution is -0.315. The monoisotopic (exact) mass is 224 g/mol. The summed E-state index contributed by atoms with van der Waals surface area (Å²) in [4.78, 5) is 0. The smallest absolute Gasteiger partial charge is 0.297 e. The van der Waals surface area contributed by atoms with Crippen molar-refractivity contribution in [2.75, 3.05) is 0 Å². The Morgan fingerprint density at radius 1 is 1.14 bits per heavy atom. The summed E-state index contributed by atoms with van der Waals surface area (Å²) < 4.78 is 87.1. The van der Waals surface area contributed by atoms with Crippen molar-refractivity contribution >= 4 is 0 Å². The highest BCUT2D eigenvalue weighted by molar-refractivity contribution is 5.29. The largest absolute Gasteiger partial charge is 0.360 e. The fraction of sp³-hybridized carbons (Fsp3) is 0.667. The first-order valence-corrected chi connectivity index (χ1v) is 3.26. The molecule has 0 heterocycles. The Bertz CT molecular complexity index is 263. The molecule has 1 aliphatic carbocycles. The van der Waals surface area contributed by atoms with Gasteiger partial charge in [-0.2, -0.15) is 13.2 Å². The molecule has 8 heteroatoms. The summed E-state index contributed by atoms with van der Waals surface area (Å²) in [6.45, 7) is 0. The van der Waals surface area contributed by atoms with Gasteiger partial charge in [0, 0.05) is 6.08 Å². The van der Waals surface area contributed by atoms with Crippen molar-refractivity contribution in [2.45, 2.75) is 24.6 Å². The molecule has 2 atom stereocenters. The van der Waals surface area contributed by atoms with Crippen molar-refractivity contribution < 1.29 is 35.5 Å². The van der Waals surface area contributed by atoms with Crippen LogP contribution in [0.3, 0.4) is 0 Å². The lowest BCUT2D eigenvalue weighted by atomic mass is 9.97. The second kappa shape index (κ2) is 3.11. The molecule has 0 aliphatic heterocycles. The van der Waals surface area contributed by atoms with Gasteiger partial charge >= 0.3 is 11.8 Å². The summed E-state index contributed by atoms with van der Waals surface area (Å²) in [7, 11) is 0. The lowest BCUT2D eigenvalue weighted by Gasteiger charge is -2.37. The van der Waals surface area contributed by atoms with Gasteiger partial charge in [0.05, 0.1) is 0 Å². The minimum absolute atomic E-state index is 0.401. The number of halogens is 7. The number of rotatable bonds is 3. The standard InChI is InChI=1S/C6H3F7O/c7-2-1-5(11,6(2,12)13)14-4(10)3(8)9/h1,3-4H. The van der Waals surface area contributed by atoms with Gasteiger partial charge in [-0.05, 0) is 0 Å². The molecule has 14 heavy (non-hydrogen) atoms. The van der Waals surface area contributed by atoms with E-state index in [1.165, 1.54) is 0 Å². The maximum atomic E-state index is 12.7. The first kappa shape index (κ1) is 11.3. The Balaban J connectivity index is 2.72. The van der Waals surface area contributed by atoms with Crippen molar-refractivity contribution in [3.63, 3.8) is 0 Å². The minimum atomic E-state index is -4.72. The molecular formula is C6H3F7O. The summed E-state index contributed by atoms with van der Waals surface area (Å²) in [6, 6.07) is 0. The fourth-order valence-corrected chi connectivity index (χ4v) is 0.753. The molecule has 2 unspecified atom stereocenters. The molecular weight excluding hydrogens is 221 g/mol. The SMILES string of the molecule is FC1=CC(F)(OC(F)C(F)F)C1(F)F. The summed E-state index contributed by atoms with van der Waals surface area (Å²) in [5.41, 5.74) is 0. The molecule has 0 aromatic heterocycles. The van der Waals surface area contributed by atoms with E-state index in [0.29, 0.717) is 0 Å². The highest BCUT2D eigenvalue weighted by atomic mass is 19.3. The molecule has 1 aliphatic rings. The van der Waals surface area contributed by atoms with E-state index in [-0.39, 0.29) is 0 Å². The van der Waals surface area contributed by atoms with Crippen molar-refractivity contribution in [2.24, 2.45) is 0 Å². The molecule has 0 radical (unpaired) electrons. The van der Waals surface area contributed by atoms with Crippen molar-refractivity contribution in [1.29, 1.82) is 0 Å². The third-order valence-corrected chi connectivity index (χ3v) is 1.52. The van der Waals surface area contributed by atoms with Gasteiger partial charge in [0.15, 0.2) is 5.83 Å². The van der Waals surface area contributed by atoms with Gasteiger partial charge in [0.1, 0.15) is 0 Å². The van der Waals surface area contributed by atoms with Crippen LogP contribution >= 0.6 is 0 Å². The molecule has 82 valence electrons. The zero-order valence-corrected chi connectivity index (χ0v) is 6.29. The molecule has 0 bridgehead atoms. The lowest BCUT2D eigenvalue weighted by Crippen LogP contribution is -2.55. The van der Waals surface area contributed by atoms with Gasteiger partial charge in [-0.25, -0.2) is 17.6 Å². The van der Waals surface area contributed by atoms with E-state index < -0.39 is 36.5 Å². The van der Waals surface area contributed by atoms with Crippen LogP contribution in [0.5, 0.6) is 0 Å². The fourth-order valence-electron chi connectivity index (χ4n) is 0.753. The number of alkyl halides is 6. The molecule has 1 rings (SSSR count). The predicted octanol–water partition coefficient (Wildman–Crippen LogP) is 2.73. The van der Waals surface area contributed by atoms with Crippen LogP contribution in [-0.4, -0.2) is 24.6 Å². The minimum Gasteiger partial charge on any atom is -0.297 e. The van der Waals surface area contributed by atoms with E-state index >= 15 is 0 Å². The number of hydrogen-bond donors (Lipinski definition) is 0. The van der Waals surface area contributed by atoms with Crippen molar-refractivity contribution in [3.8, 4) is 0 Å². The van der Waals surface area contributed by atoms with Gasteiger partial charge in [0.2, 0.25) is 0 Å².